The maximum atomic E-state index is 4.30. The van der Waals surface area contributed by atoms with Crippen LogP contribution >= 0.6 is 0 Å². The summed E-state index contributed by atoms with van der Waals surface area (Å²) in [4.78, 5) is 6.89. The first-order valence-electron chi connectivity index (χ1n) is 7.62. The lowest BCUT2D eigenvalue weighted by molar-refractivity contribution is 0.602. The van der Waals surface area contributed by atoms with Crippen molar-refractivity contribution >= 4 is 5.69 Å². The zero-order valence-corrected chi connectivity index (χ0v) is 12.5. The van der Waals surface area contributed by atoms with E-state index in [1.54, 1.807) is 0 Å². The lowest BCUT2D eigenvalue weighted by Crippen LogP contribution is -2.31. The van der Waals surface area contributed by atoms with Gasteiger partial charge in [-0.25, -0.2) is 0 Å². The summed E-state index contributed by atoms with van der Waals surface area (Å²) in [7, 11) is 0. The van der Waals surface area contributed by atoms with Crippen LogP contribution in [0.1, 0.15) is 45.6 Å². The fourth-order valence-electron chi connectivity index (χ4n) is 2.46. The number of hydrogen-bond donors (Lipinski definition) is 1. The second kappa shape index (κ2) is 6.90. The minimum atomic E-state index is 0.699. The van der Waals surface area contributed by atoms with E-state index < -0.39 is 0 Å². The topological polar surface area (TPSA) is 28.2 Å². The molecule has 1 aromatic heterocycles. The number of rotatable bonds is 8. The predicted octanol–water partition coefficient (Wildman–Crippen LogP) is 3.21. The zero-order chi connectivity index (χ0) is 13.7. The van der Waals surface area contributed by atoms with Crippen molar-refractivity contribution in [3.05, 3.63) is 24.0 Å². The Morgan fingerprint density at radius 3 is 2.84 bits per heavy atom. The summed E-state index contributed by atoms with van der Waals surface area (Å²) < 4.78 is 0. The van der Waals surface area contributed by atoms with Crippen molar-refractivity contribution in [3.63, 3.8) is 0 Å². The molecule has 0 unspecified atom stereocenters. The van der Waals surface area contributed by atoms with Crippen LogP contribution in [0.2, 0.25) is 0 Å². The maximum absolute atomic E-state index is 4.30. The summed E-state index contributed by atoms with van der Waals surface area (Å²) >= 11 is 0. The molecule has 106 valence electrons. The van der Waals surface area contributed by atoms with E-state index in [-0.39, 0.29) is 0 Å². The Morgan fingerprint density at radius 1 is 1.42 bits per heavy atom. The summed E-state index contributed by atoms with van der Waals surface area (Å²) in [5.41, 5.74) is 2.72. The zero-order valence-electron chi connectivity index (χ0n) is 12.5. The number of hydrogen-bond acceptors (Lipinski definition) is 3. The molecule has 0 bridgehead atoms. The highest BCUT2D eigenvalue weighted by Gasteiger charge is 2.30. The van der Waals surface area contributed by atoms with Gasteiger partial charge in [-0.05, 0) is 37.8 Å². The van der Waals surface area contributed by atoms with Crippen molar-refractivity contribution < 1.29 is 0 Å². The van der Waals surface area contributed by atoms with Crippen molar-refractivity contribution in [1.82, 2.24) is 10.3 Å². The average molecular weight is 261 g/mol. The summed E-state index contributed by atoms with van der Waals surface area (Å²) in [6, 6.07) is 2.94. The van der Waals surface area contributed by atoms with Crippen molar-refractivity contribution in [2.45, 2.75) is 52.6 Å². The third-order valence-corrected chi connectivity index (χ3v) is 3.48. The molecular formula is C16H27N3. The van der Waals surface area contributed by atoms with Crippen LogP contribution in [0.15, 0.2) is 18.5 Å². The Balaban J connectivity index is 2.11. The van der Waals surface area contributed by atoms with Gasteiger partial charge < -0.3 is 10.2 Å². The van der Waals surface area contributed by atoms with Gasteiger partial charge in [0.25, 0.3) is 0 Å². The second-order valence-corrected chi connectivity index (χ2v) is 5.96. The van der Waals surface area contributed by atoms with E-state index in [0.29, 0.717) is 5.92 Å². The number of pyridine rings is 1. The Kier molecular flexibility index (Phi) is 5.20. The summed E-state index contributed by atoms with van der Waals surface area (Å²) in [6.45, 7) is 9.94. The van der Waals surface area contributed by atoms with E-state index in [9.17, 15) is 0 Å². The molecule has 0 aromatic carbocycles. The van der Waals surface area contributed by atoms with Gasteiger partial charge in [-0.2, -0.15) is 0 Å². The molecule has 0 radical (unpaired) electrons. The highest BCUT2D eigenvalue weighted by atomic mass is 15.2. The minimum Gasteiger partial charge on any atom is -0.368 e. The first kappa shape index (κ1) is 14.3. The fraction of sp³-hybridized carbons (Fsp3) is 0.688. The predicted molar refractivity (Wildman–Crippen MR) is 81.4 cm³/mol. The molecule has 1 aliphatic rings. The van der Waals surface area contributed by atoms with E-state index >= 15 is 0 Å². The fourth-order valence-corrected chi connectivity index (χ4v) is 2.46. The van der Waals surface area contributed by atoms with Gasteiger partial charge in [0.15, 0.2) is 0 Å². The molecule has 1 aromatic rings. The number of aromatic nitrogens is 1. The lowest BCUT2D eigenvalue weighted by atomic mass is 10.1. The largest absolute Gasteiger partial charge is 0.368 e. The second-order valence-electron chi connectivity index (χ2n) is 5.96. The number of nitrogens with one attached hydrogen (secondary N) is 1. The molecule has 0 amide bonds. The third-order valence-electron chi connectivity index (χ3n) is 3.48. The van der Waals surface area contributed by atoms with Crippen LogP contribution in [0.25, 0.3) is 0 Å². The number of anilines is 1. The van der Waals surface area contributed by atoms with Gasteiger partial charge in [-0.1, -0.05) is 20.8 Å². The van der Waals surface area contributed by atoms with Crippen molar-refractivity contribution in [3.8, 4) is 0 Å². The standard InChI is InChI=1S/C16H27N3/c1-4-8-17-10-14-11-18-9-7-16(14)19(12-13(2)3)15-5-6-15/h7,9,11,13,15,17H,4-6,8,10,12H2,1-3H3. The van der Waals surface area contributed by atoms with Crippen LogP contribution < -0.4 is 10.2 Å². The van der Waals surface area contributed by atoms with E-state index in [1.807, 2.05) is 12.4 Å². The smallest absolute Gasteiger partial charge is 0.0445 e. The van der Waals surface area contributed by atoms with Crippen LogP contribution in [0.5, 0.6) is 0 Å². The molecule has 3 heteroatoms. The molecule has 0 atom stereocenters. The maximum Gasteiger partial charge on any atom is 0.0445 e. The molecule has 1 N–H and O–H groups in total. The van der Waals surface area contributed by atoms with Gasteiger partial charge in [0.2, 0.25) is 0 Å². The van der Waals surface area contributed by atoms with E-state index in [4.69, 9.17) is 0 Å². The van der Waals surface area contributed by atoms with E-state index in [2.05, 4.69) is 42.0 Å². The van der Waals surface area contributed by atoms with Gasteiger partial charge in [0.05, 0.1) is 0 Å². The van der Waals surface area contributed by atoms with E-state index in [0.717, 1.165) is 25.7 Å². The molecule has 1 aliphatic carbocycles. The molecule has 0 spiro atoms. The van der Waals surface area contributed by atoms with Crippen LogP contribution in [0.4, 0.5) is 5.69 Å². The first-order valence-corrected chi connectivity index (χ1v) is 7.62. The van der Waals surface area contributed by atoms with Crippen LogP contribution in [-0.2, 0) is 6.54 Å². The van der Waals surface area contributed by atoms with Gasteiger partial charge in [0, 0.05) is 42.8 Å². The molecule has 2 rings (SSSR count). The van der Waals surface area contributed by atoms with Gasteiger partial charge in [-0.3, -0.25) is 4.98 Å². The average Bonchev–Trinajstić information content (AvgIpc) is 3.21. The molecule has 3 nitrogen and oxygen atoms in total. The monoisotopic (exact) mass is 261 g/mol. The molecule has 19 heavy (non-hydrogen) atoms. The summed E-state index contributed by atoms with van der Waals surface area (Å²) in [5, 5.41) is 3.49. The Labute approximate surface area is 117 Å². The summed E-state index contributed by atoms with van der Waals surface area (Å²) in [6.07, 6.45) is 7.81. The van der Waals surface area contributed by atoms with Gasteiger partial charge >= 0.3 is 0 Å². The van der Waals surface area contributed by atoms with Crippen molar-refractivity contribution in [2.24, 2.45) is 5.92 Å². The van der Waals surface area contributed by atoms with Crippen LogP contribution in [0.3, 0.4) is 0 Å². The van der Waals surface area contributed by atoms with E-state index in [1.165, 1.54) is 30.5 Å². The van der Waals surface area contributed by atoms with Gasteiger partial charge in [-0.15, -0.1) is 0 Å². The minimum absolute atomic E-state index is 0.699. The summed E-state index contributed by atoms with van der Waals surface area (Å²) in [5.74, 6) is 0.699. The number of nitrogens with zero attached hydrogens (tertiary/aromatic N) is 2. The van der Waals surface area contributed by atoms with Crippen LogP contribution in [-0.4, -0.2) is 24.1 Å². The molecule has 1 saturated carbocycles. The Bertz CT molecular complexity index is 385. The Morgan fingerprint density at radius 2 is 2.21 bits per heavy atom. The quantitative estimate of drug-likeness (QED) is 0.728. The first-order chi connectivity index (χ1) is 9.22. The SMILES string of the molecule is CCCNCc1cnccc1N(CC(C)C)C1CC1. The molecular weight excluding hydrogens is 234 g/mol. The Hall–Kier alpha value is -1.09. The highest BCUT2D eigenvalue weighted by Crippen LogP contribution is 2.33. The molecule has 0 saturated heterocycles. The van der Waals surface area contributed by atoms with Crippen molar-refractivity contribution in [2.75, 3.05) is 18.0 Å². The molecule has 1 heterocycles. The lowest BCUT2D eigenvalue weighted by Gasteiger charge is -2.28. The van der Waals surface area contributed by atoms with Gasteiger partial charge in [0.1, 0.15) is 0 Å². The highest BCUT2D eigenvalue weighted by molar-refractivity contribution is 5.54. The van der Waals surface area contributed by atoms with Crippen molar-refractivity contribution in [1.29, 1.82) is 0 Å². The van der Waals surface area contributed by atoms with Crippen LogP contribution in [0, 0.1) is 5.92 Å². The molecule has 0 aliphatic heterocycles. The third kappa shape index (κ3) is 4.20. The molecule has 1 fully saturated rings. The normalized spacial score (nSPS) is 14.9.